The molecule has 0 saturated carbocycles. The monoisotopic (exact) mass is 216 g/mol. The summed E-state index contributed by atoms with van der Waals surface area (Å²) in [4.78, 5) is 0. The molecule has 1 heteroatoms. The Hall–Kier alpha value is -2.64. The largest absolute Gasteiger partial charge is 0.455 e. The standard InChI is InChI=1S/C16H8O/c1-2-3-7-12-8-6-10-14-13-9-4-5-11-15(13)17-16(12)14/h1,4-6,8-11H. The number of furan rings is 1. The first-order chi connectivity index (χ1) is 8.40. The molecule has 0 aliphatic carbocycles. The summed E-state index contributed by atoms with van der Waals surface area (Å²) in [6.45, 7) is 0. The molecule has 0 radical (unpaired) electrons. The van der Waals surface area contributed by atoms with Gasteiger partial charge in [0.15, 0.2) is 5.58 Å². The lowest BCUT2D eigenvalue weighted by Crippen LogP contribution is -1.74. The maximum atomic E-state index is 5.81. The number of hydrogen-bond acceptors (Lipinski definition) is 1. The molecule has 0 aliphatic heterocycles. The summed E-state index contributed by atoms with van der Waals surface area (Å²) in [5, 5.41) is 2.18. The lowest BCUT2D eigenvalue weighted by molar-refractivity contribution is 0.668. The van der Waals surface area contributed by atoms with E-state index in [9.17, 15) is 0 Å². The van der Waals surface area contributed by atoms with E-state index >= 15 is 0 Å². The number of terminal acetylenes is 1. The predicted molar refractivity (Wildman–Crippen MR) is 69.4 cm³/mol. The summed E-state index contributed by atoms with van der Waals surface area (Å²) in [5.74, 6) is 7.85. The maximum absolute atomic E-state index is 5.81. The van der Waals surface area contributed by atoms with Crippen molar-refractivity contribution >= 4 is 21.9 Å². The summed E-state index contributed by atoms with van der Waals surface area (Å²) < 4.78 is 5.81. The summed E-state index contributed by atoms with van der Waals surface area (Å²) in [5.41, 5.74) is 2.51. The van der Waals surface area contributed by atoms with Gasteiger partial charge in [-0.25, -0.2) is 0 Å². The summed E-state index contributed by atoms with van der Waals surface area (Å²) in [6, 6.07) is 13.9. The van der Waals surface area contributed by atoms with Crippen LogP contribution >= 0.6 is 0 Å². The zero-order chi connectivity index (χ0) is 11.7. The molecule has 3 aromatic rings. The summed E-state index contributed by atoms with van der Waals surface area (Å²) >= 11 is 0. The first-order valence-electron chi connectivity index (χ1n) is 5.27. The van der Waals surface area contributed by atoms with E-state index in [0.717, 1.165) is 27.5 Å². The van der Waals surface area contributed by atoms with Gasteiger partial charge in [-0.2, -0.15) is 0 Å². The van der Waals surface area contributed by atoms with Crippen LogP contribution in [0.1, 0.15) is 5.56 Å². The van der Waals surface area contributed by atoms with Crippen molar-refractivity contribution < 1.29 is 4.42 Å². The molecule has 1 aromatic heterocycles. The molecule has 2 aromatic carbocycles. The zero-order valence-corrected chi connectivity index (χ0v) is 9.03. The van der Waals surface area contributed by atoms with Gasteiger partial charge in [-0.3, -0.25) is 0 Å². The number of hydrogen-bond donors (Lipinski definition) is 0. The van der Waals surface area contributed by atoms with Crippen LogP contribution in [0.5, 0.6) is 0 Å². The Morgan fingerprint density at radius 2 is 1.76 bits per heavy atom. The molecule has 0 saturated heterocycles. The third-order valence-corrected chi connectivity index (χ3v) is 2.67. The molecule has 17 heavy (non-hydrogen) atoms. The second kappa shape index (κ2) is 3.74. The second-order valence-electron chi connectivity index (χ2n) is 3.67. The van der Waals surface area contributed by atoms with E-state index < -0.39 is 0 Å². The van der Waals surface area contributed by atoms with Crippen molar-refractivity contribution in [3.8, 4) is 24.2 Å². The Kier molecular flexibility index (Phi) is 2.11. The third kappa shape index (κ3) is 1.46. The van der Waals surface area contributed by atoms with Crippen LogP contribution in [0.4, 0.5) is 0 Å². The van der Waals surface area contributed by atoms with Crippen molar-refractivity contribution in [2.24, 2.45) is 0 Å². The van der Waals surface area contributed by atoms with Crippen molar-refractivity contribution in [3.63, 3.8) is 0 Å². The van der Waals surface area contributed by atoms with Gasteiger partial charge in [0.1, 0.15) is 5.58 Å². The SMILES string of the molecule is C#CC#Cc1cccc2c1oc1ccccc12. The van der Waals surface area contributed by atoms with Gasteiger partial charge >= 0.3 is 0 Å². The minimum Gasteiger partial charge on any atom is -0.455 e. The van der Waals surface area contributed by atoms with Crippen molar-refractivity contribution in [1.82, 2.24) is 0 Å². The van der Waals surface area contributed by atoms with Crippen molar-refractivity contribution in [2.45, 2.75) is 0 Å². The van der Waals surface area contributed by atoms with Crippen LogP contribution < -0.4 is 0 Å². The van der Waals surface area contributed by atoms with Crippen molar-refractivity contribution in [1.29, 1.82) is 0 Å². The second-order valence-corrected chi connectivity index (χ2v) is 3.67. The fourth-order valence-corrected chi connectivity index (χ4v) is 1.95. The Morgan fingerprint density at radius 1 is 0.941 bits per heavy atom. The van der Waals surface area contributed by atoms with E-state index in [-0.39, 0.29) is 0 Å². The third-order valence-electron chi connectivity index (χ3n) is 2.67. The first-order valence-corrected chi connectivity index (χ1v) is 5.27. The molecule has 0 unspecified atom stereocenters. The van der Waals surface area contributed by atoms with Gasteiger partial charge in [0, 0.05) is 10.8 Å². The molecule has 0 aliphatic rings. The quantitative estimate of drug-likeness (QED) is 0.523. The predicted octanol–water partition coefficient (Wildman–Crippen LogP) is 3.57. The van der Waals surface area contributed by atoms with Crippen LogP contribution in [0.15, 0.2) is 46.9 Å². The maximum Gasteiger partial charge on any atom is 0.151 e. The molecule has 0 fully saturated rings. The normalized spacial score (nSPS) is 9.82. The van der Waals surface area contributed by atoms with E-state index in [1.807, 2.05) is 42.5 Å². The van der Waals surface area contributed by atoms with Gasteiger partial charge < -0.3 is 4.42 Å². The molecule has 0 amide bonds. The van der Waals surface area contributed by atoms with Gasteiger partial charge in [0.05, 0.1) is 5.56 Å². The minimum atomic E-state index is 0.802. The van der Waals surface area contributed by atoms with Gasteiger partial charge in [-0.15, -0.1) is 6.42 Å². The Balaban J connectivity index is 2.44. The molecule has 1 nitrogen and oxygen atoms in total. The van der Waals surface area contributed by atoms with Crippen LogP contribution in [0.2, 0.25) is 0 Å². The lowest BCUT2D eigenvalue weighted by Gasteiger charge is -1.91. The van der Waals surface area contributed by atoms with Crippen LogP contribution in [-0.4, -0.2) is 0 Å². The highest BCUT2D eigenvalue weighted by molar-refractivity contribution is 6.06. The van der Waals surface area contributed by atoms with Crippen LogP contribution in [0.25, 0.3) is 21.9 Å². The van der Waals surface area contributed by atoms with E-state index in [4.69, 9.17) is 10.8 Å². The van der Waals surface area contributed by atoms with Gasteiger partial charge in [0.25, 0.3) is 0 Å². The molecular formula is C16H8O. The van der Waals surface area contributed by atoms with Crippen molar-refractivity contribution in [3.05, 3.63) is 48.0 Å². The topological polar surface area (TPSA) is 13.1 Å². The number of fused-ring (bicyclic) bond motifs is 3. The average molecular weight is 216 g/mol. The Bertz CT molecular complexity index is 804. The molecule has 1 heterocycles. The highest BCUT2D eigenvalue weighted by atomic mass is 16.3. The number of para-hydroxylation sites is 2. The summed E-state index contributed by atoms with van der Waals surface area (Å²) in [6.07, 6.45) is 5.14. The molecule has 0 N–H and O–H groups in total. The molecule has 0 bridgehead atoms. The van der Waals surface area contributed by atoms with Gasteiger partial charge in [0.2, 0.25) is 0 Å². The fourth-order valence-electron chi connectivity index (χ4n) is 1.95. The van der Waals surface area contributed by atoms with E-state index in [1.165, 1.54) is 0 Å². The zero-order valence-electron chi connectivity index (χ0n) is 9.03. The van der Waals surface area contributed by atoms with Crippen molar-refractivity contribution in [2.75, 3.05) is 0 Å². The van der Waals surface area contributed by atoms with Crippen LogP contribution in [-0.2, 0) is 0 Å². The van der Waals surface area contributed by atoms with Gasteiger partial charge in [-0.1, -0.05) is 30.3 Å². The number of rotatable bonds is 0. The highest BCUT2D eigenvalue weighted by Gasteiger charge is 2.08. The van der Waals surface area contributed by atoms with Gasteiger partial charge in [-0.05, 0) is 29.9 Å². The molecule has 78 valence electrons. The average Bonchev–Trinajstić information content (AvgIpc) is 2.75. The summed E-state index contributed by atoms with van der Waals surface area (Å²) in [7, 11) is 0. The smallest absolute Gasteiger partial charge is 0.151 e. The highest BCUT2D eigenvalue weighted by Crippen LogP contribution is 2.30. The molecule has 3 rings (SSSR count). The van der Waals surface area contributed by atoms with Crippen LogP contribution in [0, 0.1) is 24.2 Å². The molecule has 0 spiro atoms. The van der Waals surface area contributed by atoms with E-state index in [0.29, 0.717) is 0 Å². The molecule has 0 atom stereocenters. The fraction of sp³-hybridized carbons (Fsp3) is 0. The Labute approximate surface area is 99.0 Å². The Morgan fingerprint density at radius 3 is 2.65 bits per heavy atom. The minimum absolute atomic E-state index is 0.802. The molecular weight excluding hydrogens is 208 g/mol. The first kappa shape index (κ1) is 9.58. The van der Waals surface area contributed by atoms with E-state index in [1.54, 1.807) is 0 Å². The lowest BCUT2D eigenvalue weighted by atomic mass is 10.1. The van der Waals surface area contributed by atoms with Crippen LogP contribution in [0.3, 0.4) is 0 Å². The van der Waals surface area contributed by atoms with E-state index in [2.05, 4.69) is 17.8 Å². The number of benzene rings is 2.